The minimum Gasteiger partial charge on any atom is -0.384 e. The van der Waals surface area contributed by atoms with Crippen molar-refractivity contribution in [2.75, 3.05) is 5.73 Å². The molecule has 0 aliphatic heterocycles. The Labute approximate surface area is 120 Å². The van der Waals surface area contributed by atoms with E-state index in [9.17, 15) is 0 Å². The van der Waals surface area contributed by atoms with Crippen molar-refractivity contribution < 1.29 is 0 Å². The Kier molecular flexibility index (Phi) is 3.24. The second-order valence-corrected chi connectivity index (χ2v) is 6.55. The average molecular weight is 270 g/mol. The summed E-state index contributed by atoms with van der Waals surface area (Å²) in [6, 6.07) is 4.41. The lowest BCUT2D eigenvalue weighted by molar-refractivity contribution is 0.194. The highest BCUT2D eigenvalue weighted by Crippen LogP contribution is 2.41. The number of hydrogen-bond donors (Lipinski definition) is 1. The molecule has 0 radical (unpaired) electrons. The van der Waals surface area contributed by atoms with E-state index in [4.69, 9.17) is 5.73 Å². The van der Waals surface area contributed by atoms with Crippen LogP contribution in [0.3, 0.4) is 0 Å². The first-order valence-electron chi connectivity index (χ1n) is 7.29. The molecule has 0 bridgehead atoms. The summed E-state index contributed by atoms with van der Waals surface area (Å²) in [7, 11) is 0. The Bertz CT molecular complexity index is 573. The molecule has 1 fully saturated rings. The van der Waals surface area contributed by atoms with Gasteiger partial charge in [0.1, 0.15) is 5.82 Å². The van der Waals surface area contributed by atoms with Crippen LogP contribution in [0.25, 0.3) is 11.3 Å². The molecule has 3 rings (SSSR count). The number of nitrogens with zero attached hydrogens (tertiary/aromatic N) is 3. The Morgan fingerprint density at radius 3 is 2.60 bits per heavy atom. The van der Waals surface area contributed by atoms with Crippen LogP contribution in [0.1, 0.15) is 45.6 Å². The van der Waals surface area contributed by atoms with E-state index in [0.717, 1.165) is 11.3 Å². The summed E-state index contributed by atoms with van der Waals surface area (Å²) in [4.78, 5) is 8.52. The molecule has 0 saturated heterocycles. The number of aromatic nitrogens is 3. The molecule has 1 saturated carbocycles. The summed E-state index contributed by atoms with van der Waals surface area (Å²) in [5, 5.41) is 0. The van der Waals surface area contributed by atoms with Crippen LogP contribution < -0.4 is 5.73 Å². The number of rotatable bonds is 2. The first-order chi connectivity index (χ1) is 9.55. The normalized spacial score (nSPS) is 19.1. The van der Waals surface area contributed by atoms with E-state index in [1.165, 1.54) is 25.7 Å². The molecule has 1 aliphatic carbocycles. The van der Waals surface area contributed by atoms with Crippen LogP contribution in [0.15, 0.2) is 30.9 Å². The van der Waals surface area contributed by atoms with Gasteiger partial charge in [-0.25, -0.2) is 9.97 Å². The minimum absolute atomic E-state index is 0.486. The van der Waals surface area contributed by atoms with Crippen molar-refractivity contribution in [1.29, 1.82) is 0 Å². The SMILES string of the molecule is CC1(C)CCC(n2cncc2-c2ccc(N)nc2)CC1. The quantitative estimate of drug-likeness (QED) is 0.905. The zero-order chi connectivity index (χ0) is 14.2. The lowest BCUT2D eigenvalue weighted by Gasteiger charge is -2.35. The van der Waals surface area contributed by atoms with Gasteiger partial charge in [-0.3, -0.25) is 0 Å². The van der Waals surface area contributed by atoms with Gasteiger partial charge in [0.25, 0.3) is 0 Å². The number of hydrogen-bond acceptors (Lipinski definition) is 3. The summed E-state index contributed by atoms with van der Waals surface area (Å²) in [5.41, 5.74) is 8.37. The Hall–Kier alpha value is -1.84. The molecule has 2 heterocycles. The van der Waals surface area contributed by atoms with Crippen LogP contribution in [0.2, 0.25) is 0 Å². The third-order valence-electron chi connectivity index (χ3n) is 4.45. The van der Waals surface area contributed by atoms with E-state index in [2.05, 4.69) is 28.4 Å². The molecule has 0 aromatic carbocycles. The molecular weight excluding hydrogens is 248 g/mol. The lowest BCUT2D eigenvalue weighted by Crippen LogP contribution is -2.23. The molecule has 106 valence electrons. The van der Waals surface area contributed by atoms with E-state index in [1.807, 2.05) is 30.9 Å². The molecule has 1 aliphatic rings. The largest absolute Gasteiger partial charge is 0.384 e. The molecule has 2 aromatic heterocycles. The zero-order valence-electron chi connectivity index (χ0n) is 12.2. The van der Waals surface area contributed by atoms with Crippen molar-refractivity contribution in [3.05, 3.63) is 30.9 Å². The maximum absolute atomic E-state index is 5.66. The molecular formula is C16H22N4. The van der Waals surface area contributed by atoms with Gasteiger partial charge in [-0.05, 0) is 43.2 Å². The van der Waals surface area contributed by atoms with E-state index < -0.39 is 0 Å². The summed E-state index contributed by atoms with van der Waals surface area (Å²) in [6.45, 7) is 4.73. The molecule has 0 unspecified atom stereocenters. The van der Waals surface area contributed by atoms with Gasteiger partial charge in [0.05, 0.1) is 18.2 Å². The standard InChI is InChI=1S/C16H22N4/c1-16(2)7-5-13(6-8-16)20-11-18-10-14(20)12-3-4-15(17)19-9-12/h3-4,9-11,13H,5-8H2,1-2H3,(H2,17,19). The maximum atomic E-state index is 5.66. The molecule has 0 atom stereocenters. The van der Waals surface area contributed by atoms with Crippen molar-refractivity contribution >= 4 is 5.82 Å². The minimum atomic E-state index is 0.486. The number of nitrogen functional groups attached to an aromatic ring is 1. The average Bonchev–Trinajstić information content (AvgIpc) is 2.89. The van der Waals surface area contributed by atoms with Crippen LogP contribution in [-0.4, -0.2) is 14.5 Å². The topological polar surface area (TPSA) is 56.7 Å². The number of anilines is 1. The van der Waals surface area contributed by atoms with Gasteiger partial charge in [-0.15, -0.1) is 0 Å². The number of nitrogens with two attached hydrogens (primary N) is 1. The molecule has 4 nitrogen and oxygen atoms in total. The summed E-state index contributed by atoms with van der Waals surface area (Å²) < 4.78 is 2.31. The second-order valence-electron chi connectivity index (χ2n) is 6.55. The Balaban J connectivity index is 1.86. The highest BCUT2D eigenvalue weighted by Gasteiger charge is 2.28. The van der Waals surface area contributed by atoms with Gasteiger partial charge in [0, 0.05) is 17.8 Å². The van der Waals surface area contributed by atoms with Gasteiger partial charge < -0.3 is 10.3 Å². The fraction of sp³-hybridized carbons (Fsp3) is 0.500. The first-order valence-corrected chi connectivity index (χ1v) is 7.29. The molecule has 20 heavy (non-hydrogen) atoms. The van der Waals surface area contributed by atoms with Gasteiger partial charge in [0.15, 0.2) is 0 Å². The van der Waals surface area contributed by atoms with Gasteiger partial charge in [-0.2, -0.15) is 0 Å². The van der Waals surface area contributed by atoms with Crippen LogP contribution in [0, 0.1) is 5.41 Å². The van der Waals surface area contributed by atoms with Crippen molar-refractivity contribution in [2.45, 2.75) is 45.6 Å². The first kappa shape index (κ1) is 13.2. The lowest BCUT2D eigenvalue weighted by atomic mass is 9.75. The van der Waals surface area contributed by atoms with Crippen molar-refractivity contribution in [3.8, 4) is 11.3 Å². The fourth-order valence-corrected chi connectivity index (χ4v) is 3.04. The van der Waals surface area contributed by atoms with Crippen LogP contribution in [0.5, 0.6) is 0 Å². The van der Waals surface area contributed by atoms with Crippen LogP contribution in [0.4, 0.5) is 5.82 Å². The Morgan fingerprint density at radius 1 is 1.20 bits per heavy atom. The molecule has 0 amide bonds. The fourth-order valence-electron chi connectivity index (χ4n) is 3.04. The highest BCUT2D eigenvalue weighted by molar-refractivity contribution is 5.59. The third-order valence-corrected chi connectivity index (χ3v) is 4.45. The summed E-state index contributed by atoms with van der Waals surface area (Å²) in [5.74, 6) is 0.555. The number of imidazole rings is 1. The van der Waals surface area contributed by atoms with E-state index >= 15 is 0 Å². The highest BCUT2D eigenvalue weighted by atomic mass is 15.1. The van der Waals surface area contributed by atoms with Gasteiger partial charge in [-0.1, -0.05) is 13.8 Å². The predicted octanol–water partition coefficient (Wildman–Crippen LogP) is 3.67. The van der Waals surface area contributed by atoms with Crippen LogP contribution in [-0.2, 0) is 0 Å². The van der Waals surface area contributed by atoms with Gasteiger partial charge in [0.2, 0.25) is 0 Å². The van der Waals surface area contributed by atoms with Crippen molar-refractivity contribution in [2.24, 2.45) is 5.41 Å². The van der Waals surface area contributed by atoms with Crippen molar-refractivity contribution in [1.82, 2.24) is 14.5 Å². The maximum Gasteiger partial charge on any atom is 0.123 e. The second kappa shape index (κ2) is 4.93. The molecule has 4 heteroatoms. The number of pyridine rings is 1. The monoisotopic (exact) mass is 270 g/mol. The van der Waals surface area contributed by atoms with E-state index in [0.29, 0.717) is 17.3 Å². The van der Waals surface area contributed by atoms with Gasteiger partial charge >= 0.3 is 0 Å². The van der Waals surface area contributed by atoms with E-state index in [1.54, 1.807) is 0 Å². The summed E-state index contributed by atoms with van der Waals surface area (Å²) in [6.07, 6.45) is 10.7. The molecule has 2 aromatic rings. The zero-order valence-corrected chi connectivity index (χ0v) is 12.2. The van der Waals surface area contributed by atoms with E-state index in [-0.39, 0.29) is 0 Å². The predicted molar refractivity (Wildman–Crippen MR) is 81.2 cm³/mol. The van der Waals surface area contributed by atoms with Crippen molar-refractivity contribution in [3.63, 3.8) is 0 Å². The third kappa shape index (κ3) is 2.55. The smallest absolute Gasteiger partial charge is 0.123 e. The molecule has 2 N–H and O–H groups in total. The van der Waals surface area contributed by atoms with Crippen LogP contribution >= 0.6 is 0 Å². The Morgan fingerprint density at radius 2 is 1.95 bits per heavy atom. The summed E-state index contributed by atoms with van der Waals surface area (Å²) >= 11 is 0. The molecule has 0 spiro atoms.